The summed E-state index contributed by atoms with van der Waals surface area (Å²) in [5, 5.41) is 2.52. The van der Waals surface area contributed by atoms with Gasteiger partial charge in [0.1, 0.15) is 5.82 Å². The zero-order chi connectivity index (χ0) is 18.6. The summed E-state index contributed by atoms with van der Waals surface area (Å²) in [4.78, 5) is 35.5. The molecule has 0 atom stereocenters. The molecule has 0 radical (unpaired) electrons. The molecule has 5 nitrogen and oxygen atoms in total. The molecule has 0 spiro atoms. The molecule has 1 amide bonds. The van der Waals surface area contributed by atoms with E-state index < -0.39 is 0 Å². The van der Waals surface area contributed by atoms with E-state index in [4.69, 9.17) is 0 Å². The van der Waals surface area contributed by atoms with Gasteiger partial charge >= 0.3 is 0 Å². The molecule has 1 N–H and O–H groups in total. The number of aromatic amines is 1. The van der Waals surface area contributed by atoms with Crippen molar-refractivity contribution >= 4 is 28.1 Å². The van der Waals surface area contributed by atoms with Gasteiger partial charge in [0.05, 0.1) is 24.0 Å². The summed E-state index contributed by atoms with van der Waals surface area (Å²) in [6.07, 6.45) is 0. The van der Waals surface area contributed by atoms with E-state index >= 15 is 0 Å². The quantitative estimate of drug-likeness (QED) is 0.577. The molecule has 134 valence electrons. The van der Waals surface area contributed by atoms with Crippen molar-refractivity contribution in [3.8, 4) is 0 Å². The topological polar surface area (TPSA) is 66.1 Å². The van der Waals surface area contributed by atoms with Gasteiger partial charge in [0.2, 0.25) is 0 Å². The number of para-hydroxylation sites is 1. The minimum Gasteiger partial charge on any atom is -0.326 e. The lowest BCUT2D eigenvalue weighted by atomic mass is 10.2. The van der Waals surface area contributed by atoms with Crippen LogP contribution in [0.3, 0.4) is 0 Å². The molecule has 2 aromatic carbocycles. The van der Waals surface area contributed by atoms with Gasteiger partial charge in [0, 0.05) is 10.4 Å². The fourth-order valence-electron chi connectivity index (χ4n) is 2.94. The van der Waals surface area contributed by atoms with Crippen LogP contribution < -0.4 is 5.56 Å². The summed E-state index contributed by atoms with van der Waals surface area (Å²) in [5.74, 6) is 0.374. The monoisotopic (exact) mass is 375 g/mol. The van der Waals surface area contributed by atoms with Gasteiger partial charge in [-0.15, -0.1) is 11.3 Å². The van der Waals surface area contributed by atoms with E-state index in [-0.39, 0.29) is 18.0 Å². The summed E-state index contributed by atoms with van der Waals surface area (Å²) in [7, 11) is 0. The number of hydrogen-bond donors (Lipinski definition) is 1. The van der Waals surface area contributed by atoms with Gasteiger partial charge in [0.15, 0.2) is 0 Å². The van der Waals surface area contributed by atoms with Crippen LogP contribution in [0.25, 0.3) is 10.9 Å². The van der Waals surface area contributed by atoms with E-state index in [1.165, 1.54) is 0 Å². The average molecular weight is 375 g/mol. The number of benzene rings is 2. The Morgan fingerprint density at radius 3 is 2.52 bits per heavy atom. The Balaban J connectivity index is 1.68. The van der Waals surface area contributed by atoms with Gasteiger partial charge < -0.3 is 9.88 Å². The van der Waals surface area contributed by atoms with E-state index in [1.54, 1.807) is 46.6 Å². The van der Waals surface area contributed by atoms with Gasteiger partial charge in [-0.1, -0.05) is 36.4 Å². The Hall–Kier alpha value is -3.25. The molecule has 2 heterocycles. The number of carbonyl (C=O) groups excluding carboxylic acids is 1. The van der Waals surface area contributed by atoms with E-state index in [0.717, 1.165) is 4.88 Å². The minimum atomic E-state index is -0.196. The van der Waals surface area contributed by atoms with Gasteiger partial charge in [-0.3, -0.25) is 9.59 Å². The van der Waals surface area contributed by atoms with Gasteiger partial charge in [-0.2, -0.15) is 0 Å². The third kappa shape index (κ3) is 3.80. The highest BCUT2D eigenvalue weighted by Gasteiger charge is 2.18. The molecule has 0 saturated heterocycles. The molecule has 6 heteroatoms. The lowest BCUT2D eigenvalue weighted by Gasteiger charge is -2.22. The molecular formula is C21H17N3O2S. The van der Waals surface area contributed by atoms with Crippen molar-refractivity contribution in [1.82, 2.24) is 14.9 Å². The molecule has 0 aliphatic rings. The molecule has 0 bridgehead atoms. The number of hydrogen-bond acceptors (Lipinski definition) is 4. The Labute approximate surface area is 159 Å². The standard InChI is InChI=1S/C21H17N3O2S/c25-20-17-10-4-5-11-18(17)22-19(23-20)14-24(13-16-9-6-12-27-16)21(26)15-7-2-1-3-8-15/h1-12H,13-14H2,(H,22,23,25). The van der Waals surface area contributed by atoms with Crippen molar-refractivity contribution in [2.75, 3.05) is 0 Å². The predicted molar refractivity (Wildman–Crippen MR) is 107 cm³/mol. The van der Waals surface area contributed by atoms with Crippen molar-refractivity contribution < 1.29 is 4.79 Å². The third-order valence-corrected chi connectivity index (χ3v) is 5.10. The first-order chi connectivity index (χ1) is 13.2. The molecule has 0 saturated carbocycles. The molecule has 0 aliphatic carbocycles. The van der Waals surface area contributed by atoms with E-state index in [0.29, 0.717) is 28.8 Å². The van der Waals surface area contributed by atoms with Crippen molar-refractivity contribution in [2.45, 2.75) is 13.1 Å². The van der Waals surface area contributed by atoms with E-state index in [2.05, 4.69) is 9.97 Å². The number of rotatable bonds is 5. The summed E-state index contributed by atoms with van der Waals surface area (Å²) in [5.41, 5.74) is 1.04. The van der Waals surface area contributed by atoms with Gasteiger partial charge in [-0.25, -0.2) is 4.98 Å². The van der Waals surface area contributed by atoms with Crippen LogP contribution in [0.15, 0.2) is 76.9 Å². The highest BCUT2D eigenvalue weighted by molar-refractivity contribution is 7.09. The summed E-state index contributed by atoms with van der Waals surface area (Å²) >= 11 is 1.59. The first-order valence-corrected chi connectivity index (χ1v) is 9.43. The van der Waals surface area contributed by atoms with E-state index in [9.17, 15) is 9.59 Å². The summed E-state index contributed by atoms with van der Waals surface area (Å²) in [6.45, 7) is 0.688. The fraction of sp³-hybridized carbons (Fsp3) is 0.0952. The number of thiophene rings is 1. The van der Waals surface area contributed by atoms with Crippen molar-refractivity contribution in [2.24, 2.45) is 0 Å². The normalized spacial score (nSPS) is 10.8. The second kappa shape index (κ2) is 7.55. The summed E-state index contributed by atoms with van der Waals surface area (Å²) in [6, 6.07) is 20.3. The zero-order valence-electron chi connectivity index (χ0n) is 14.5. The van der Waals surface area contributed by atoms with Crippen LogP contribution in [0.4, 0.5) is 0 Å². The molecule has 4 rings (SSSR count). The average Bonchev–Trinajstić information content (AvgIpc) is 3.21. The van der Waals surface area contributed by atoms with Crippen LogP contribution in [0.5, 0.6) is 0 Å². The zero-order valence-corrected chi connectivity index (χ0v) is 15.3. The molecule has 0 aliphatic heterocycles. The molecular weight excluding hydrogens is 358 g/mol. The summed E-state index contributed by atoms with van der Waals surface area (Å²) < 4.78 is 0. The lowest BCUT2D eigenvalue weighted by Crippen LogP contribution is -2.31. The van der Waals surface area contributed by atoms with Crippen molar-refractivity contribution in [3.63, 3.8) is 0 Å². The molecule has 4 aromatic rings. The third-order valence-electron chi connectivity index (χ3n) is 4.24. The number of carbonyl (C=O) groups is 1. The SMILES string of the molecule is O=C(c1ccccc1)N(Cc1nc2ccccc2c(=O)[nH]1)Cc1cccs1. The van der Waals surface area contributed by atoms with E-state index in [1.807, 2.05) is 41.8 Å². The fourth-order valence-corrected chi connectivity index (χ4v) is 3.66. The highest BCUT2D eigenvalue weighted by Crippen LogP contribution is 2.17. The van der Waals surface area contributed by atoms with Gasteiger partial charge in [-0.05, 0) is 35.7 Å². The molecule has 27 heavy (non-hydrogen) atoms. The second-order valence-electron chi connectivity index (χ2n) is 6.14. The number of aromatic nitrogens is 2. The number of nitrogens with zero attached hydrogens (tertiary/aromatic N) is 2. The smallest absolute Gasteiger partial charge is 0.258 e. The minimum absolute atomic E-state index is 0.0974. The van der Waals surface area contributed by atoms with Gasteiger partial charge in [0.25, 0.3) is 11.5 Å². The first-order valence-electron chi connectivity index (χ1n) is 8.55. The lowest BCUT2D eigenvalue weighted by molar-refractivity contribution is 0.0727. The van der Waals surface area contributed by atoms with Crippen LogP contribution in [0, 0.1) is 0 Å². The molecule has 0 fully saturated rings. The maximum atomic E-state index is 13.0. The Morgan fingerprint density at radius 2 is 1.74 bits per heavy atom. The predicted octanol–water partition coefficient (Wildman–Crippen LogP) is 3.83. The number of fused-ring (bicyclic) bond motifs is 1. The maximum absolute atomic E-state index is 13.0. The van der Waals surface area contributed by atoms with Crippen LogP contribution in [-0.4, -0.2) is 20.8 Å². The largest absolute Gasteiger partial charge is 0.326 e. The maximum Gasteiger partial charge on any atom is 0.258 e. The van der Waals surface area contributed by atoms with Crippen molar-refractivity contribution in [3.05, 3.63) is 98.7 Å². The number of amides is 1. The Bertz CT molecular complexity index is 1120. The Kier molecular flexibility index (Phi) is 4.80. The second-order valence-corrected chi connectivity index (χ2v) is 7.17. The van der Waals surface area contributed by atoms with Crippen LogP contribution >= 0.6 is 11.3 Å². The highest BCUT2D eigenvalue weighted by atomic mass is 32.1. The van der Waals surface area contributed by atoms with Crippen LogP contribution in [0.1, 0.15) is 21.1 Å². The Morgan fingerprint density at radius 1 is 0.963 bits per heavy atom. The van der Waals surface area contributed by atoms with Crippen LogP contribution in [-0.2, 0) is 13.1 Å². The van der Waals surface area contributed by atoms with Crippen molar-refractivity contribution in [1.29, 1.82) is 0 Å². The number of H-pyrrole nitrogens is 1. The molecule has 2 aromatic heterocycles. The number of nitrogens with one attached hydrogen (secondary N) is 1. The first kappa shape index (κ1) is 17.2. The molecule has 0 unspecified atom stereocenters. The van der Waals surface area contributed by atoms with Crippen LogP contribution in [0.2, 0.25) is 0 Å².